The molecule has 1 heterocycles. The standard InChI is InChI=1S/C53H85NO8/c1-3-5-7-9-11-13-14-15-16-17-18-19-20-21-22-23-24-25-26-27-28-29-30-31-32-33-34-35-37-39-41-43-49(57)54-46(47(56)42-40-38-36-12-10-8-6-4-2)45-61-53-52(60)51(59)50(58)48(44-55)62-53/h5,7,11,13,15-16,18-19,21-22,24-25,27-28,30-31,33-34,40,42,46-48,50-53,55-56,58-60H,3-4,6,8-10,12,14,17,20,23,26,29,32,35-39,41,43-45H2,1-2H3,(H,54,57)/b7-5-,13-11-,16-15-,19-18-,22-21-,25-24-,28-27-,31-30-,34-33-,42-40+. The number of aliphatic hydroxyl groups is 5. The van der Waals surface area contributed by atoms with Gasteiger partial charge >= 0.3 is 0 Å². The molecular weight excluding hydrogens is 779 g/mol. The molecule has 9 heteroatoms. The number of hydrogen-bond acceptors (Lipinski definition) is 8. The van der Waals surface area contributed by atoms with Crippen molar-refractivity contribution in [2.45, 2.75) is 192 Å². The normalized spacial score (nSPS) is 21.4. The third-order valence-corrected chi connectivity index (χ3v) is 10.3. The molecule has 1 fully saturated rings. The molecule has 0 aromatic heterocycles. The van der Waals surface area contributed by atoms with Crippen LogP contribution < -0.4 is 5.32 Å². The van der Waals surface area contributed by atoms with Gasteiger partial charge in [-0.25, -0.2) is 0 Å². The van der Waals surface area contributed by atoms with Crippen molar-refractivity contribution in [3.05, 3.63) is 122 Å². The zero-order valence-electron chi connectivity index (χ0n) is 38.3. The van der Waals surface area contributed by atoms with Crippen molar-refractivity contribution in [2.24, 2.45) is 0 Å². The molecule has 0 bridgehead atoms. The molecule has 62 heavy (non-hydrogen) atoms. The van der Waals surface area contributed by atoms with Gasteiger partial charge in [0.25, 0.3) is 0 Å². The Bertz CT molecular complexity index is 1370. The smallest absolute Gasteiger partial charge is 0.220 e. The summed E-state index contributed by atoms with van der Waals surface area (Å²) >= 11 is 0. The van der Waals surface area contributed by atoms with Crippen LogP contribution in [0.4, 0.5) is 0 Å². The first-order valence-electron chi connectivity index (χ1n) is 23.8. The van der Waals surface area contributed by atoms with Crippen LogP contribution in [0.2, 0.25) is 0 Å². The number of allylic oxidation sites excluding steroid dienone is 19. The van der Waals surface area contributed by atoms with E-state index in [0.717, 1.165) is 96.3 Å². The van der Waals surface area contributed by atoms with Gasteiger partial charge in [0.2, 0.25) is 5.91 Å². The summed E-state index contributed by atoms with van der Waals surface area (Å²) in [5.41, 5.74) is 0. The van der Waals surface area contributed by atoms with E-state index in [-0.39, 0.29) is 12.5 Å². The molecule has 0 saturated carbocycles. The highest BCUT2D eigenvalue weighted by atomic mass is 16.7. The number of aliphatic hydroxyl groups excluding tert-OH is 5. The minimum absolute atomic E-state index is 0.212. The summed E-state index contributed by atoms with van der Waals surface area (Å²) in [4.78, 5) is 12.9. The number of rotatable bonds is 37. The van der Waals surface area contributed by atoms with Crippen molar-refractivity contribution < 1.29 is 39.8 Å². The van der Waals surface area contributed by atoms with Crippen molar-refractivity contribution in [1.29, 1.82) is 0 Å². The van der Waals surface area contributed by atoms with Gasteiger partial charge < -0.3 is 40.3 Å². The summed E-state index contributed by atoms with van der Waals surface area (Å²) in [6.45, 7) is 3.56. The van der Waals surface area contributed by atoms with Crippen LogP contribution in [0.3, 0.4) is 0 Å². The predicted octanol–water partition coefficient (Wildman–Crippen LogP) is 10.4. The molecule has 0 spiro atoms. The first-order valence-corrected chi connectivity index (χ1v) is 23.8. The Morgan fingerprint density at radius 3 is 1.48 bits per heavy atom. The van der Waals surface area contributed by atoms with Crippen LogP contribution in [0, 0.1) is 0 Å². The Morgan fingerprint density at radius 2 is 1.00 bits per heavy atom. The Kier molecular flexibility index (Phi) is 38.0. The van der Waals surface area contributed by atoms with Gasteiger partial charge in [-0.3, -0.25) is 4.79 Å². The molecule has 7 atom stereocenters. The molecule has 0 aliphatic carbocycles. The summed E-state index contributed by atoms with van der Waals surface area (Å²) in [5.74, 6) is -0.220. The predicted molar refractivity (Wildman–Crippen MR) is 257 cm³/mol. The van der Waals surface area contributed by atoms with Gasteiger partial charge in [-0.15, -0.1) is 0 Å². The molecule has 9 nitrogen and oxygen atoms in total. The van der Waals surface area contributed by atoms with Gasteiger partial charge in [0, 0.05) is 6.42 Å². The van der Waals surface area contributed by atoms with Gasteiger partial charge in [-0.2, -0.15) is 0 Å². The van der Waals surface area contributed by atoms with Crippen molar-refractivity contribution in [3.8, 4) is 0 Å². The molecule has 1 aliphatic heterocycles. The number of nitrogens with one attached hydrogen (secondary N) is 1. The molecule has 1 aliphatic rings. The van der Waals surface area contributed by atoms with E-state index in [0.29, 0.717) is 12.8 Å². The minimum Gasteiger partial charge on any atom is -0.394 e. The van der Waals surface area contributed by atoms with Gasteiger partial charge in [-0.05, 0) is 89.9 Å². The number of amides is 1. The minimum atomic E-state index is -1.58. The molecule has 1 rings (SSSR count). The lowest BCUT2D eigenvalue weighted by molar-refractivity contribution is -0.302. The van der Waals surface area contributed by atoms with Crippen LogP contribution in [0.15, 0.2) is 122 Å². The third-order valence-electron chi connectivity index (χ3n) is 10.3. The highest BCUT2D eigenvalue weighted by Crippen LogP contribution is 2.22. The van der Waals surface area contributed by atoms with Gasteiger partial charge in [0.15, 0.2) is 6.29 Å². The lowest BCUT2D eigenvalue weighted by Crippen LogP contribution is -2.60. The monoisotopic (exact) mass is 864 g/mol. The highest BCUT2D eigenvalue weighted by molar-refractivity contribution is 5.76. The number of ether oxygens (including phenoxy) is 2. The molecule has 0 aromatic carbocycles. The Morgan fingerprint density at radius 1 is 0.565 bits per heavy atom. The van der Waals surface area contributed by atoms with Crippen LogP contribution in [-0.4, -0.2) is 87.5 Å². The Balaban J connectivity index is 2.26. The second-order valence-corrected chi connectivity index (χ2v) is 15.8. The van der Waals surface area contributed by atoms with E-state index in [4.69, 9.17) is 9.47 Å². The maximum absolute atomic E-state index is 12.9. The number of unbranched alkanes of at least 4 members (excludes halogenated alkanes) is 9. The van der Waals surface area contributed by atoms with Crippen molar-refractivity contribution in [2.75, 3.05) is 13.2 Å². The fraction of sp³-hybridized carbons (Fsp3) is 0.604. The zero-order chi connectivity index (χ0) is 45.1. The maximum Gasteiger partial charge on any atom is 0.220 e. The second-order valence-electron chi connectivity index (χ2n) is 15.8. The van der Waals surface area contributed by atoms with Crippen molar-refractivity contribution in [3.63, 3.8) is 0 Å². The molecule has 6 N–H and O–H groups in total. The average Bonchev–Trinajstić information content (AvgIpc) is 3.27. The van der Waals surface area contributed by atoms with E-state index < -0.39 is 49.5 Å². The first kappa shape index (κ1) is 56.6. The fourth-order valence-corrected chi connectivity index (χ4v) is 6.50. The molecule has 350 valence electrons. The largest absolute Gasteiger partial charge is 0.394 e. The Labute approximate surface area is 376 Å². The lowest BCUT2D eigenvalue weighted by Gasteiger charge is -2.40. The summed E-state index contributed by atoms with van der Waals surface area (Å²) in [7, 11) is 0. The Hall–Kier alpha value is -3.41. The summed E-state index contributed by atoms with van der Waals surface area (Å²) < 4.78 is 11.1. The average molecular weight is 864 g/mol. The van der Waals surface area contributed by atoms with Crippen LogP contribution in [0.1, 0.15) is 149 Å². The van der Waals surface area contributed by atoms with E-state index in [1.165, 1.54) is 25.7 Å². The molecule has 0 radical (unpaired) electrons. The zero-order valence-corrected chi connectivity index (χ0v) is 38.3. The van der Waals surface area contributed by atoms with E-state index in [9.17, 15) is 30.3 Å². The quantitative estimate of drug-likeness (QED) is 0.0267. The van der Waals surface area contributed by atoms with Crippen molar-refractivity contribution >= 4 is 5.91 Å². The number of carbonyl (C=O) groups is 1. The number of hydrogen-bond donors (Lipinski definition) is 6. The second kappa shape index (κ2) is 41.6. The van der Waals surface area contributed by atoms with Crippen LogP contribution in [0.25, 0.3) is 0 Å². The SMILES string of the molecule is CC/C=C\C/C=C\C/C=C\C/C=C\C/C=C\C/C=C\C/C=C\C/C=C\C/C=C\CCCCCC(=O)NC(COC1OC(CO)C(O)C(O)C1O)C(O)/C=C/CCCCCCCC. The van der Waals surface area contributed by atoms with Gasteiger partial charge in [-0.1, -0.05) is 174 Å². The highest BCUT2D eigenvalue weighted by Gasteiger charge is 2.44. The summed E-state index contributed by atoms with van der Waals surface area (Å²) in [6, 6.07) is -0.829. The van der Waals surface area contributed by atoms with E-state index in [1.807, 2.05) is 6.08 Å². The first-order chi connectivity index (χ1) is 30.3. The van der Waals surface area contributed by atoms with Crippen LogP contribution >= 0.6 is 0 Å². The lowest BCUT2D eigenvalue weighted by atomic mass is 9.99. The molecule has 1 amide bonds. The topological polar surface area (TPSA) is 149 Å². The van der Waals surface area contributed by atoms with Crippen LogP contribution in [-0.2, 0) is 14.3 Å². The van der Waals surface area contributed by atoms with E-state index in [1.54, 1.807) is 6.08 Å². The summed E-state index contributed by atoms with van der Waals surface area (Å²) in [5, 5.41) is 53.9. The summed E-state index contributed by atoms with van der Waals surface area (Å²) in [6.07, 6.45) is 55.5. The maximum atomic E-state index is 12.9. The van der Waals surface area contributed by atoms with Crippen LogP contribution in [0.5, 0.6) is 0 Å². The van der Waals surface area contributed by atoms with E-state index in [2.05, 4.69) is 129 Å². The molecule has 1 saturated heterocycles. The molecular formula is C53H85NO8. The van der Waals surface area contributed by atoms with Gasteiger partial charge in [0.05, 0.1) is 25.4 Å². The third kappa shape index (κ3) is 31.4. The van der Waals surface area contributed by atoms with Crippen molar-refractivity contribution in [1.82, 2.24) is 5.32 Å². The molecule has 0 aromatic rings. The number of carbonyl (C=O) groups excluding carboxylic acids is 1. The molecule has 7 unspecified atom stereocenters. The van der Waals surface area contributed by atoms with Gasteiger partial charge in [0.1, 0.15) is 24.4 Å². The van der Waals surface area contributed by atoms with E-state index >= 15 is 0 Å². The fourth-order valence-electron chi connectivity index (χ4n) is 6.50.